The number of aromatic nitrogens is 1. The van der Waals surface area contributed by atoms with E-state index >= 15 is 0 Å². The molecule has 1 N–H and O–H groups in total. The Kier molecular flexibility index (Phi) is 2.00. The quantitative estimate of drug-likeness (QED) is 0.425. The van der Waals surface area contributed by atoms with Crippen LogP contribution < -0.4 is 4.73 Å². The molecule has 0 fully saturated rings. The average molecular weight is 250 g/mol. The maximum absolute atomic E-state index is 9.55. The molecule has 12 heavy (non-hydrogen) atoms. The molecule has 0 bridgehead atoms. The van der Waals surface area contributed by atoms with E-state index in [9.17, 15) is 5.21 Å². The van der Waals surface area contributed by atoms with E-state index in [0.29, 0.717) is 5.15 Å². The highest BCUT2D eigenvalue weighted by molar-refractivity contribution is 9.10. The number of fused-ring (bicyclic) bond motifs is 1. The molecule has 0 spiro atoms. The highest BCUT2D eigenvalue weighted by Crippen LogP contribution is 2.26. The second-order valence-corrected chi connectivity index (χ2v) is 4.13. The Morgan fingerprint density at radius 3 is 3.00 bits per heavy atom. The lowest BCUT2D eigenvalue weighted by molar-refractivity contribution is -0.908. The van der Waals surface area contributed by atoms with E-state index in [0.717, 1.165) is 34.2 Å². The third-order valence-electron chi connectivity index (χ3n) is 2.17. The maximum atomic E-state index is 9.55. The number of nitrogens with zero attached hydrogens (tertiary/aromatic N) is 1. The number of aryl methyl sites for hydroxylation is 1. The molecule has 1 heterocycles. The fraction of sp³-hybridized carbons (Fsp3) is 0.375. The molecule has 0 atom stereocenters. The highest BCUT2D eigenvalue weighted by atomic mass is 79.9. The van der Waals surface area contributed by atoms with Crippen LogP contribution in [-0.2, 0) is 12.8 Å². The van der Waals surface area contributed by atoms with Gasteiger partial charge >= 0.3 is 5.15 Å². The summed E-state index contributed by atoms with van der Waals surface area (Å²) in [6.07, 6.45) is 3.05. The zero-order valence-corrected chi connectivity index (χ0v) is 8.69. The molecular formula is C8H8BrClNO+. The van der Waals surface area contributed by atoms with Gasteiger partial charge in [0, 0.05) is 16.7 Å². The summed E-state index contributed by atoms with van der Waals surface area (Å²) < 4.78 is 1.83. The van der Waals surface area contributed by atoms with Crippen LogP contribution in [0.25, 0.3) is 0 Å². The molecule has 0 amide bonds. The van der Waals surface area contributed by atoms with Gasteiger partial charge in [-0.1, -0.05) is 0 Å². The Labute approximate surface area is 83.9 Å². The first-order valence-electron chi connectivity index (χ1n) is 3.81. The first-order chi connectivity index (χ1) is 5.70. The van der Waals surface area contributed by atoms with Gasteiger partial charge in [-0.15, -0.1) is 0 Å². The minimum atomic E-state index is 0.357. The average Bonchev–Trinajstić information content (AvgIpc) is 2.48. The van der Waals surface area contributed by atoms with Gasteiger partial charge in [0.1, 0.15) is 4.47 Å². The smallest absolute Gasteiger partial charge is 0.283 e. The van der Waals surface area contributed by atoms with Gasteiger partial charge in [-0.25, -0.2) is 0 Å². The topological polar surface area (TPSA) is 24.1 Å². The monoisotopic (exact) mass is 248 g/mol. The van der Waals surface area contributed by atoms with Crippen LogP contribution in [0.2, 0.25) is 5.15 Å². The molecule has 1 aromatic heterocycles. The molecule has 2 nitrogen and oxygen atoms in total. The summed E-state index contributed by atoms with van der Waals surface area (Å²) in [5, 5.41) is 9.91. The lowest BCUT2D eigenvalue weighted by Gasteiger charge is -1.97. The van der Waals surface area contributed by atoms with Crippen molar-refractivity contribution in [2.24, 2.45) is 0 Å². The first kappa shape index (κ1) is 8.32. The molecular weight excluding hydrogens is 241 g/mol. The van der Waals surface area contributed by atoms with Crippen molar-refractivity contribution in [3.63, 3.8) is 0 Å². The van der Waals surface area contributed by atoms with Crippen LogP contribution in [-0.4, -0.2) is 5.21 Å². The maximum Gasteiger partial charge on any atom is 0.339 e. The van der Waals surface area contributed by atoms with E-state index in [2.05, 4.69) is 15.9 Å². The predicted molar refractivity (Wildman–Crippen MR) is 48.6 cm³/mol. The molecule has 1 aliphatic carbocycles. The molecule has 2 rings (SSSR count). The summed E-state index contributed by atoms with van der Waals surface area (Å²) >= 11 is 9.11. The number of hydrogen-bond donors (Lipinski definition) is 1. The number of halogens is 2. The van der Waals surface area contributed by atoms with Crippen molar-refractivity contribution < 1.29 is 9.94 Å². The number of rotatable bonds is 0. The van der Waals surface area contributed by atoms with Gasteiger partial charge < -0.3 is 0 Å². The second kappa shape index (κ2) is 2.89. The minimum absolute atomic E-state index is 0.357. The number of hydrogen-bond acceptors (Lipinski definition) is 1. The summed E-state index contributed by atoms with van der Waals surface area (Å²) in [5.74, 6) is 0. The van der Waals surface area contributed by atoms with Gasteiger partial charge in [-0.05, 0) is 46.4 Å². The third kappa shape index (κ3) is 1.12. The Bertz CT molecular complexity index is 340. The van der Waals surface area contributed by atoms with Crippen molar-refractivity contribution in [3.05, 3.63) is 26.9 Å². The van der Waals surface area contributed by atoms with Crippen molar-refractivity contribution in [3.8, 4) is 0 Å². The molecule has 64 valence electrons. The van der Waals surface area contributed by atoms with Crippen molar-refractivity contribution in [1.82, 2.24) is 0 Å². The van der Waals surface area contributed by atoms with Gasteiger partial charge in [-0.3, -0.25) is 5.21 Å². The van der Waals surface area contributed by atoms with E-state index in [4.69, 9.17) is 11.6 Å². The molecule has 0 radical (unpaired) electrons. The SMILES string of the molecule is O[n+]1c(Cl)c(Br)cc2c1CCC2. The molecule has 0 saturated carbocycles. The standard InChI is InChI=1S/C8H8BrClNO/c9-6-4-5-2-1-3-7(5)11(12)8(6)10/h4,12H,1-3H2/q+1. The van der Waals surface area contributed by atoms with Crippen LogP contribution >= 0.6 is 27.5 Å². The van der Waals surface area contributed by atoms with E-state index < -0.39 is 0 Å². The molecule has 4 heteroatoms. The lowest BCUT2D eigenvalue weighted by atomic mass is 10.2. The predicted octanol–water partition coefficient (Wildman–Crippen LogP) is 2.12. The summed E-state index contributed by atoms with van der Waals surface area (Å²) in [7, 11) is 0. The van der Waals surface area contributed by atoms with Crippen LogP contribution in [0.1, 0.15) is 17.7 Å². The summed E-state index contributed by atoms with van der Waals surface area (Å²) in [6.45, 7) is 0. The van der Waals surface area contributed by atoms with Crippen molar-refractivity contribution >= 4 is 27.5 Å². The van der Waals surface area contributed by atoms with Crippen LogP contribution in [0.3, 0.4) is 0 Å². The van der Waals surface area contributed by atoms with E-state index in [-0.39, 0.29) is 0 Å². The summed E-state index contributed by atoms with van der Waals surface area (Å²) in [4.78, 5) is 0. The Balaban J connectivity index is 2.67. The van der Waals surface area contributed by atoms with Crippen LogP contribution in [0.5, 0.6) is 0 Å². The molecule has 0 unspecified atom stereocenters. The van der Waals surface area contributed by atoms with E-state index in [1.807, 2.05) is 6.07 Å². The van der Waals surface area contributed by atoms with Gasteiger partial charge in [0.15, 0.2) is 0 Å². The third-order valence-corrected chi connectivity index (χ3v) is 3.37. The molecule has 1 aromatic rings. The lowest BCUT2D eigenvalue weighted by Crippen LogP contribution is -2.36. The molecule has 0 aliphatic heterocycles. The van der Waals surface area contributed by atoms with Crippen LogP contribution in [0.15, 0.2) is 10.5 Å². The van der Waals surface area contributed by atoms with Crippen molar-refractivity contribution in [1.29, 1.82) is 0 Å². The Hall–Kier alpha value is -0.280. The number of pyridine rings is 1. The molecule has 0 aromatic carbocycles. The minimum Gasteiger partial charge on any atom is -0.283 e. The second-order valence-electron chi connectivity index (χ2n) is 2.92. The fourth-order valence-electron chi connectivity index (χ4n) is 1.58. The normalized spacial score (nSPS) is 14.8. The van der Waals surface area contributed by atoms with Crippen molar-refractivity contribution in [2.45, 2.75) is 19.3 Å². The Morgan fingerprint density at radius 2 is 2.25 bits per heavy atom. The van der Waals surface area contributed by atoms with Crippen LogP contribution in [0.4, 0.5) is 0 Å². The Morgan fingerprint density at radius 1 is 1.50 bits per heavy atom. The zero-order valence-electron chi connectivity index (χ0n) is 6.35. The van der Waals surface area contributed by atoms with Gasteiger partial charge in [0.2, 0.25) is 5.69 Å². The first-order valence-corrected chi connectivity index (χ1v) is 4.98. The summed E-state index contributed by atoms with van der Waals surface area (Å²) in [6, 6.07) is 1.98. The van der Waals surface area contributed by atoms with Gasteiger partial charge in [0.25, 0.3) is 0 Å². The van der Waals surface area contributed by atoms with E-state index in [1.54, 1.807) is 0 Å². The summed E-state index contributed by atoms with van der Waals surface area (Å²) in [5.41, 5.74) is 2.14. The van der Waals surface area contributed by atoms with Gasteiger partial charge in [-0.2, -0.15) is 0 Å². The largest absolute Gasteiger partial charge is 0.339 e. The molecule has 1 aliphatic rings. The fourth-order valence-corrected chi connectivity index (χ4v) is 2.18. The highest BCUT2D eigenvalue weighted by Gasteiger charge is 2.27. The van der Waals surface area contributed by atoms with Gasteiger partial charge in [0.05, 0.1) is 0 Å². The van der Waals surface area contributed by atoms with E-state index in [1.165, 1.54) is 5.56 Å². The van der Waals surface area contributed by atoms with Crippen LogP contribution in [0, 0.1) is 0 Å². The zero-order chi connectivity index (χ0) is 8.72. The van der Waals surface area contributed by atoms with Crippen molar-refractivity contribution in [2.75, 3.05) is 0 Å². The molecule has 0 saturated heterocycles.